The van der Waals surface area contributed by atoms with Gasteiger partial charge in [0.2, 0.25) is 0 Å². The van der Waals surface area contributed by atoms with Crippen molar-refractivity contribution in [1.82, 2.24) is 0 Å². The van der Waals surface area contributed by atoms with Gasteiger partial charge in [-0.3, -0.25) is 9.59 Å². The van der Waals surface area contributed by atoms with Crippen LogP contribution in [0, 0.1) is 0 Å². The Morgan fingerprint density at radius 2 is 0.725 bits per heavy atom. The monoisotopic (exact) mass is 560 g/mol. The van der Waals surface area contributed by atoms with E-state index in [1.54, 1.807) is 9.80 Å². The third-order valence-electron chi connectivity index (χ3n) is 7.82. The number of hydrogen-bond acceptors (Lipinski definition) is 4. The molecule has 40 heavy (non-hydrogen) atoms. The van der Waals surface area contributed by atoms with Gasteiger partial charge in [0.1, 0.15) is 13.2 Å². The highest BCUT2D eigenvalue weighted by Gasteiger charge is 2.17. The van der Waals surface area contributed by atoms with E-state index < -0.39 is 13.2 Å². The molecule has 0 fully saturated rings. The molecule has 230 valence electrons. The van der Waals surface area contributed by atoms with Crippen molar-refractivity contribution in [3.8, 4) is 0 Å². The predicted octanol–water partition coefficient (Wildman–Crippen LogP) is 8.18. The Balaban J connectivity index is 2.50. The number of unbranched alkanes of at least 4 members (excludes halogenated alkanes) is 18. The topological polar surface area (TPSA) is 81.1 Å². The van der Waals surface area contributed by atoms with E-state index in [0.29, 0.717) is 13.1 Å². The molecular weight excluding hydrogens is 500 g/mol. The van der Waals surface area contributed by atoms with E-state index in [9.17, 15) is 19.8 Å². The minimum absolute atomic E-state index is 0.308. The number of aliphatic hydroxyl groups is 2. The fraction of sp³-hybridized carbons (Fsp3) is 0.765. The summed E-state index contributed by atoms with van der Waals surface area (Å²) in [6, 6.07) is 7.37. The van der Waals surface area contributed by atoms with Crippen molar-refractivity contribution >= 4 is 23.2 Å². The molecule has 0 atom stereocenters. The van der Waals surface area contributed by atoms with Crippen LogP contribution in [-0.2, 0) is 9.59 Å². The van der Waals surface area contributed by atoms with Crippen LogP contribution in [0.1, 0.15) is 142 Å². The second-order valence-electron chi connectivity index (χ2n) is 11.3. The van der Waals surface area contributed by atoms with E-state index in [0.717, 1.165) is 37.1 Å². The van der Waals surface area contributed by atoms with Gasteiger partial charge in [-0.25, -0.2) is 0 Å². The largest absolute Gasteiger partial charge is 0.387 e. The Bertz CT molecular complexity index is 690. The van der Waals surface area contributed by atoms with Crippen LogP contribution in [0.25, 0.3) is 0 Å². The zero-order chi connectivity index (χ0) is 29.3. The van der Waals surface area contributed by atoms with Gasteiger partial charge in [0.05, 0.1) is 0 Å². The van der Waals surface area contributed by atoms with Gasteiger partial charge in [-0.15, -0.1) is 0 Å². The zero-order valence-electron chi connectivity index (χ0n) is 25.9. The van der Waals surface area contributed by atoms with Crippen LogP contribution < -0.4 is 9.80 Å². The van der Waals surface area contributed by atoms with Gasteiger partial charge < -0.3 is 20.0 Å². The standard InChI is InChI=1S/C34H60N2O4/c1-3-5-7-9-11-13-15-17-19-21-27-35(33(39)29-37)31-23-25-32(26-24-31)36(34(40)30-38)28-22-20-18-16-14-12-10-8-6-4-2/h23-26,37-38H,3-22,27-30H2,1-2H3. The average Bonchev–Trinajstić information content (AvgIpc) is 2.98. The number of aliphatic hydroxyl groups excluding tert-OH is 2. The highest BCUT2D eigenvalue weighted by molar-refractivity contribution is 5.96. The predicted molar refractivity (Wildman–Crippen MR) is 169 cm³/mol. The lowest BCUT2D eigenvalue weighted by molar-refractivity contribution is -0.122. The molecule has 6 nitrogen and oxygen atoms in total. The SMILES string of the molecule is CCCCCCCCCCCCN(C(=O)CO)c1ccc(N(CCCCCCCCCCCC)C(=O)CO)cc1. The number of benzene rings is 1. The third kappa shape index (κ3) is 16.4. The van der Waals surface area contributed by atoms with Gasteiger partial charge in [0.15, 0.2) is 0 Å². The fourth-order valence-electron chi connectivity index (χ4n) is 5.29. The molecule has 0 saturated heterocycles. The highest BCUT2D eigenvalue weighted by Crippen LogP contribution is 2.23. The van der Waals surface area contributed by atoms with Crippen molar-refractivity contribution in [2.24, 2.45) is 0 Å². The Hall–Kier alpha value is -1.92. The molecule has 2 N–H and O–H groups in total. The van der Waals surface area contributed by atoms with E-state index in [2.05, 4.69) is 13.8 Å². The first-order chi connectivity index (χ1) is 19.6. The number of carbonyl (C=O) groups is 2. The number of carbonyl (C=O) groups excluding carboxylic acids is 2. The van der Waals surface area contributed by atoms with Crippen LogP contribution >= 0.6 is 0 Å². The van der Waals surface area contributed by atoms with E-state index in [1.807, 2.05) is 24.3 Å². The summed E-state index contributed by atoms with van der Waals surface area (Å²) in [6.45, 7) is 4.60. The Morgan fingerprint density at radius 3 is 0.975 bits per heavy atom. The lowest BCUT2D eigenvalue weighted by Crippen LogP contribution is -2.35. The molecule has 0 heterocycles. The van der Waals surface area contributed by atoms with Crippen LogP contribution in [0.5, 0.6) is 0 Å². The van der Waals surface area contributed by atoms with E-state index in [-0.39, 0.29) is 11.8 Å². The minimum Gasteiger partial charge on any atom is -0.387 e. The molecule has 0 aliphatic rings. The molecule has 2 amide bonds. The van der Waals surface area contributed by atoms with Crippen molar-refractivity contribution in [3.63, 3.8) is 0 Å². The summed E-state index contributed by atoms with van der Waals surface area (Å²) in [4.78, 5) is 28.2. The minimum atomic E-state index is -0.520. The molecule has 1 aromatic carbocycles. The van der Waals surface area contributed by atoms with Gasteiger partial charge in [0, 0.05) is 24.5 Å². The maximum atomic E-state index is 12.5. The zero-order valence-corrected chi connectivity index (χ0v) is 25.9. The quantitative estimate of drug-likeness (QED) is 0.112. The van der Waals surface area contributed by atoms with E-state index in [1.165, 1.54) is 103 Å². The summed E-state index contributed by atoms with van der Waals surface area (Å²) in [5.74, 6) is -0.616. The smallest absolute Gasteiger partial charge is 0.252 e. The van der Waals surface area contributed by atoms with Gasteiger partial charge in [-0.2, -0.15) is 0 Å². The Morgan fingerprint density at radius 1 is 0.475 bits per heavy atom. The Labute approximate surface area is 245 Å². The molecule has 0 bridgehead atoms. The van der Waals surface area contributed by atoms with Gasteiger partial charge in [0.25, 0.3) is 11.8 Å². The third-order valence-corrected chi connectivity index (χ3v) is 7.82. The first kappa shape index (κ1) is 36.1. The summed E-state index contributed by atoms with van der Waals surface area (Å²) < 4.78 is 0. The van der Waals surface area contributed by atoms with Crippen LogP contribution in [0.4, 0.5) is 11.4 Å². The van der Waals surface area contributed by atoms with Gasteiger partial charge in [-0.1, -0.05) is 129 Å². The average molecular weight is 561 g/mol. The summed E-state index contributed by atoms with van der Waals surface area (Å²) in [5, 5.41) is 19.1. The first-order valence-corrected chi connectivity index (χ1v) is 16.5. The molecular formula is C34H60N2O4. The first-order valence-electron chi connectivity index (χ1n) is 16.5. The van der Waals surface area contributed by atoms with Crippen LogP contribution in [0.2, 0.25) is 0 Å². The number of rotatable bonds is 26. The van der Waals surface area contributed by atoms with Crippen molar-refractivity contribution < 1.29 is 19.8 Å². The number of hydrogen-bond donors (Lipinski definition) is 2. The molecule has 0 spiro atoms. The van der Waals surface area contributed by atoms with Crippen molar-refractivity contribution in [3.05, 3.63) is 24.3 Å². The summed E-state index contributed by atoms with van der Waals surface area (Å²) in [6.07, 6.45) is 24.6. The second-order valence-corrected chi connectivity index (χ2v) is 11.3. The number of anilines is 2. The van der Waals surface area contributed by atoms with E-state index >= 15 is 0 Å². The molecule has 0 saturated carbocycles. The summed E-state index contributed by atoms with van der Waals surface area (Å²) >= 11 is 0. The maximum Gasteiger partial charge on any atom is 0.252 e. The van der Waals surface area contributed by atoms with Crippen molar-refractivity contribution in [1.29, 1.82) is 0 Å². The summed E-state index contributed by atoms with van der Waals surface area (Å²) in [5.41, 5.74) is 1.46. The molecule has 0 aliphatic carbocycles. The van der Waals surface area contributed by atoms with Crippen molar-refractivity contribution in [2.75, 3.05) is 36.1 Å². The summed E-state index contributed by atoms with van der Waals surface area (Å²) in [7, 11) is 0. The normalized spacial score (nSPS) is 11.1. The van der Waals surface area contributed by atoms with Gasteiger partial charge in [-0.05, 0) is 37.1 Å². The molecule has 1 aromatic rings. The molecule has 0 aliphatic heterocycles. The molecule has 0 unspecified atom stereocenters. The van der Waals surface area contributed by atoms with Gasteiger partial charge >= 0.3 is 0 Å². The molecule has 0 radical (unpaired) electrons. The lowest BCUT2D eigenvalue weighted by Gasteiger charge is -2.25. The molecule has 0 aromatic heterocycles. The fourth-order valence-corrected chi connectivity index (χ4v) is 5.29. The lowest BCUT2D eigenvalue weighted by atomic mass is 10.1. The van der Waals surface area contributed by atoms with Crippen LogP contribution in [0.3, 0.4) is 0 Å². The number of nitrogens with zero attached hydrogens (tertiary/aromatic N) is 2. The van der Waals surface area contributed by atoms with Crippen LogP contribution in [0.15, 0.2) is 24.3 Å². The maximum absolute atomic E-state index is 12.5. The second kappa shape index (κ2) is 24.8. The Kier molecular flexibility index (Phi) is 22.4. The van der Waals surface area contributed by atoms with Crippen molar-refractivity contribution in [2.45, 2.75) is 142 Å². The van der Waals surface area contributed by atoms with Crippen LogP contribution in [-0.4, -0.2) is 48.3 Å². The number of amides is 2. The van der Waals surface area contributed by atoms with E-state index in [4.69, 9.17) is 0 Å². The molecule has 6 heteroatoms. The highest BCUT2D eigenvalue weighted by atomic mass is 16.3. The molecule has 1 rings (SSSR count).